The molecule has 8 heteroatoms. The summed E-state index contributed by atoms with van der Waals surface area (Å²) >= 11 is 0. The third-order valence-corrected chi connectivity index (χ3v) is 7.15. The number of benzene rings is 2. The number of aliphatic hydroxyl groups is 1. The summed E-state index contributed by atoms with van der Waals surface area (Å²) in [6.45, 7) is 0.366. The van der Waals surface area contributed by atoms with E-state index in [2.05, 4.69) is 16.5 Å². The van der Waals surface area contributed by atoms with Crippen molar-refractivity contribution in [3.05, 3.63) is 59.7 Å². The predicted molar refractivity (Wildman–Crippen MR) is 136 cm³/mol. The number of carbonyl (C=O) groups is 2. The van der Waals surface area contributed by atoms with Gasteiger partial charge in [0.15, 0.2) is 0 Å². The van der Waals surface area contributed by atoms with Crippen molar-refractivity contribution >= 4 is 17.5 Å². The first-order valence-corrected chi connectivity index (χ1v) is 12.4. The number of hydrogen-bond acceptors (Lipinski definition) is 6. The quantitative estimate of drug-likeness (QED) is 0.579. The summed E-state index contributed by atoms with van der Waals surface area (Å²) in [5.74, 6) is -0.218. The monoisotopic (exact) mass is 488 g/mol. The van der Waals surface area contributed by atoms with Crippen LogP contribution in [0.5, 0.6) is 0 Å². The molecule has 188 valence electrons. The van der Waals surface area contributed by atoms with Crippen molar-refractivity contribution in [3.63, 3.8) is 0 Å². The molecule has 2 aliphatic rings. The summed E-state index contributed by atoms with van der Waals surface area (Å²) in [6.07, 6.45) is 4.51. The normalized spacial score (nSPS) is 22.8. The first kappa shape index (κ1) is 25.4. The van der Waals surface area contributed by atoms with E-state index >= 15 is 0 Å². The first-order chi connectivity index (χ1) is 17.5. The van der Waals surface area contributed by atoms with Crippen LogP contribution in [0.2, 0.25) is 0 Å². The van der Waals surface area contributed by atoms with Gasteiger partial charge < -0.3 is 20.2 Å². The second kappa shape index (κ2) is 11.8. The number of likely N-dealkylation sites (tertiary alicyclic amines) is 1. The van der Waals surface area contributed by atoms with E-state index < -0.39 is 0 Å². The first-order valence-electron chi connectivity index (χ1n) is 12.4. The van der Waals surface area contributed by atoms with Gasteiger partial charge >= 0.3 is 0 Å². The molecule has 0 unspecified atom stereocenters. The summed E-state index contributed by atoms with van der Waals surface area (Å²) in [7, 11) is 1.47. The lowest BCUT2D eigenvalue weighted by molar-refractivity contribution is -0.123. The Kier molecular flexibility index (Phi) is 8.34. The second-order valence-corrected chi connectivity index (χ2v) is 9.47. The van der Waals surface area contributed by atoms with Gasteiger partial charge in [0.2, 0.25) is 5.91 Å². The lowest BCUT2D eigenvalue weighted by atomic mass is 9.85. The molecule has 0 radical (unpaired) electrons. The molecule has 1 saturated heterocycles. The van der Waals surface area contributed by atoms with Gasteiger partial charge in [-0.3, -0.25) is 9.59 Å². The number of oxime groups is 1. The molecule has 0 aromatic heterocycles. The summed E-state index contributed by atoms with van der Waals surface area (Å²) in [6, 6.07) is 16.4. The summed E-state index contributed by atoms with van der Waals surface area (Å²) in [5.41, 5.74) is 3.46. The van der Waals surface area contributed by atoms with Gasteiger partial charge in [-0.05, 0) is 42.2 Å². The van der Waals surface area contributed by atoms with E-state index in [-0.39, 0.29) is 42.8 Å². The number of nitrogens with zero attached hydrogens (tertiary/aromatic N) is 3. The number of amides is 2. The van der Waals surface area contributed by atoms with Crippen molar-refractivity contribution in [2.75, 3.05) is 20.3 Å². The predicted octanol–water partition coefficient (Wildman–Crippen LogP) is 3.50. The summed E-state index contributed by atoms with van der Waals surface area (Å²) < 4.78 is 0. The third-order valence-electron chi connectivity index (χ3n) is 7.15. The molecule has 3 atom stereocenters. The molecule has 4 rings (SSSR count). The summed E-state index contributed by atoms with van der Waals surface area (Å²) in [5, 5.41) is 26.2. The van der Waals surface area contributed by atoms with Crippen molar-refractivity contribution in [1.82, 2.24) is 10.2 Å². The lowest BCUT2D eigenvalue weighted by Gasteiger charge is -2.31. The van der Waals surface area contributed by atoms with E-state index in [1.54, 1.807) is 23.1 Å². The molecule has 0 spiro atoms. The number of carbonyl (C=O) groups excluding carboxylic acids is 2. The highest BCUT2D eigenvalue weighted by molar-refractivity contribution is 6.01. The molecule has 1 heterocycles. The van der Waals surface area contributed by atoms with Crippen molar-refractivity contribution in [2.24, 2.45) is 11.1 Å². The minimum atomic E-state index is -0.332. The van der Waals surface area contributed by atoms with Crippen LogP contribution in [0.15, 0.2) is 53.7 Å². The second-order valence-electron chi connectivity index (χ2n) is 9.47. The number of rotatable bonds is 7. The van der Waals surface area contributed by atoms with Crippen LogP contribution in [0.4, 0.5) is 0 Å². The van der Waals surface area contributed by atoms with Crippen LogP contribution < -0.4 is 5.32 Å². The van der Waals surface area contributed by atoms with Gasteiger partial charge in [-0.25, -0.2) is 0 Å². The van der Waals surface area contributed by atoms with Gasteiger partial charge in [0.1, 0.15) is 7.11 Å². The van der Waals surface area contributed by atoms with Crippen molar-refractivity contribution in [2.45, 2.75) is 50.6 Å². The van der Waals surface area contributed by atoms with E-state index in [1.807, 2.05) is 30.3 Å². The number of aliphatic hydroxyl groups excluding tert-OH is 1. The Bertz CT molecular complexity index is 1150. The van der Waals surface area contributed by atoms with Gasteiger partial charge in [-0.2, -0.15) is 5.26 Å². The van der Waals surface area contributed by atoms with Crippen LogP contribution in [-0.2, 0) is 9.63 Å². The molecule has 2 aromatic carbocycles. The van der Waals surface area contributed by atoms with E-state index in [0.29, 0.717) is 29.8 Å². The van der Waals surface area contributed by atoms with Crippen LogP contribution in [0.25, 0.3) is 11.1 Å². The van der Waals surface area contributed by atoms with Gasteiger partial charge in [-0.15, -0.1) is 0 Å². The van der Waals surface area contributed by atoms with E-state index in [0.717, 1.165) is 36.8 Å². The zero-order valence-electron chi connectivity index (χ0n) is 20.5. The molecular weight excluding hydrogens is 456 g/mol. The molecule has 1 saturated carbocycles. The molecule has 36 heavy (non-hydrogen) atoms. The highest BCUT2D eigenvalue weighted by atomic mass is 16.6. The maximum atomic E-state index is 13.5. The highest BCUT2D eigenvalue weighted by Crippen LogP contribution is 2.27. The van der Waals surface area contributed by atoms with Crippen molar-refractivity contribution < 1.29 is 19.5 Å². The number of nitrogens with one attached hydrogen (secondary N) is 1. The zero-order chi connectivity index (χ0) is 25.5. The Hall–Kier alpha value is -3.70. The topological polar surface area (TPSA) is 115 Å². The Morgan fingerprint density at radius 3 is 2.64 bits per heavy atom. The van der Waals surface area contributed by atoms with Crippen LogP contribution in [0.1, 0.15) is 54.4 Å². The average Bonchev–Trinajstić information content (AvgIpc) is 3.30. The fourth-order valence-electron chi connectivity index (χ4n) is 5.27. The SMILES string of the molecule is CON=C1C[C@@H](CC(=O)N[C@@H]2CCCC[C@H]2CO)N(C(=O)c2ccc(-c3ccccc3C#N)cc2)C1. The van der Waals surface area contributed by atoms with E-state index in [9.17, 15) is 20.0 Å². The van der Waals surface area contributed by atoms with Crippen LogP contribution in [-0.4, -0.2) is 59.9 Å². The average molecular weight is 489 g/mol. The van der Waals surface area contributed by atoms with Gasteiger partial charge in [0.05, 0.1) is 23.9 Å². The van der Waals surface area contributed by atoms with E-state index in [1.165, 1.54) is 7.11 Å². The Morgan fingerprint density at radius 2 is 1.92 bits per heavy atom. The molecule has 2 fully saturated rings. The molecule has 2 N–H and O–H groups in total. The standard InChI is InChI=1S/C28H32N4O4/c1-36-31-23-14-24(15-27(34)30-26-9-5-3-7-22(26)18-33)32(17-23)28(35)20-12-10-19(11-13-20)25-8-4-2-6-21(25)16-29/h2,4,6,8,10-13,22,24,26,33H,3,5,7,9,14-15,17-18H2,1H3,(H,30,34)/t22-,24-,26+/m0/s1. The Labute approximate surface area is 211 Å². The number of hydrogen-bond donors (Lipinski definition) is 2. The number of nitriles is 1. The van der Waals surface area contributed by atoms with Gasteiger partial charge in [0.25, 0.3) is 5.91 Å². The largest absolute Gasteiger partial charge is 0.399 e. The zero-order valence-corrected chi connectivity index (χ0v) is 20.5. The maximum Gasteiger partial charge on any atom is 0.254 e. The maximum absolute atomic E-state index is 13.5. The smallest absolute Gasteiger partial charge is 0.254 e. The van der Waals surface area contributed by atoms with Crippen LogP contribution >= 0.6 is 0 Å². The molecule has 1 aliphatic carbocycles. The molecule has 0 bridgehead atoms. The molecule has 8 nitrogen and oxygen atoms in total. The van der Waals surface area contributed by atoms with Crippen LogP contribution in [0.3, 0.4) is 0 Å². The third kappa shape index (κ3) is 5.74. The minimum absolute atomic E-state index is 0.0299. The van der Waals surface area contributed by atoms with Crippen LogP contribution in [0, 0.1) is 17.2 Å². The fourth-order valence-corrected chi connectivity index (χ4v) is 5.27. The van der Waals surface area contributed by atoms with Crippen molar-refractivity contribution in [1.29, 1.82) is 5.26 Å². The van der Waals surface area contributed by atoms with Gasteiger partial charge in [-0.1, -0.05) is 48.3 Å². The highest BCUT2D eigenvalue weighted by Gasteiger charge is 2.36. The van der Waals surface area contributed by atoms with E-state index in [4.69, 9.17) is 4.84 Å². The molecule has 1 aliphatic heterocycles. The Balaban J connectivity index is 1.48. The fraction of sp³-hybridized carbons (Fsp3) is 0.429. The molecular formula is C28H32N4O4. The minimum Gasteiger partial charge on any atom is -0.399 e. The Morgan fingerprint density at radius 1 is 1.17 bits per heavy atom. The lowest BCUT2D eigenvalue weighted by Crippen LogP contribution is -2.46. The molecule has 2 aromatic rings. The summed E-state index contributed by atoms with van der Waals surface area (Å²) in [4.78, 5) is 33.0. The van der Waals surface area contributed by atoms with Gasteiger partial charge in [0, 0.05) is 43.0 Å². The molecule has 2 amide bonds. The van der Waals surface area contributed by atoms with Crippen molar-refractivity contribution in [3.8, 4) is 17.2 Å².